The van der Waals surface area contributed by atoms with Gasteiger partial charge in [-0.05, 0) is 37.0 Å². The van der Waals surface area contributed by atoms with Gasteiger partial charge in [-0.2, -0.15) is 0 Å². The first-order chi connectivity index (χ1) is 11.5. The van der Waals surface area contributed by atoms with Crippen molar-refractivity contribution in [3.8, 4) is 5.75 Å². The lowest BCUT2D eigenvalue weighted by molar-refractivity contribution is 0.0982. The Bertz CT molecular complexity index is 909. The first kappa shape index (κ1) is 16.2. The SMILES string of the molecule is CCc1ccccc1C(=O)CCc1ccc2c(nc(C)n2C)c1O. The number of aryl methyl sites for hydroxylation is 4. The molecule has 3 aromatic rings. The second-order valence-corrected chi connectivity index (χ2v) is 6.09. The average molecular weight is 322 g/mol. The summed E-state index contributed by atoms with van der Waals surface area (Å²) in [6, 6.07) is 11.6. The smallest absolute Gasteiger partial charge is 0.163 e. The van der Waals surface area contributed by atoms with Gasteiger partial charge in [0.25, 0.3) is 0 Å². The molecule has 0 fully saturated rings. The van der Waals surface area contributed by atoms with E-state index in [2.05, 4.69) is 11.9 Å². The molecule has 0 aliphatic heterocycles. The number of rotatable bonds is 5. The van der Waals surface area contributed by atoms with Gasteiger partial charge in [-0.3, -0.25) is 4.79 Å². The zero-order chi connectivity index (χ0) is 17.3. The van der Waals surface area contributed by atoms with Gasteiger partial charge in [-0.25, -0.2) is 4.98 Å². The molecule has 0 spiro atoms. The molecule has 24 heavy (non-hydrogen) atoms. The standard InChI is InChI=1S/C20H22N2O2/c1-4-14-7-5-6-8-16(14)18(23)12-10-15-9-11-17-19(20(15)24)21-13(2)22(17)3/h5-9,11,24H,4,10,12H2,1-3H3. The minimum absolute atomic E-state index is 0.115. The molecule has 1 heterocycles. The number of aromatic hydroxyl groups is 1. The Labute approximate surface area is 141 Å². The monoisotopic (exact) mass is 322 g/mol. The number of phenolic OH excluding ortho intramolecular Hbond substituents is 1. The number of imidazole rings is 1. The summed E-state index contributed by atoms with van der Waals surface area (Å²) in [5.41, 5.74) is 4.13. The zero-order valence-electron chi connectivity index (χ0n) is 14.3. The summed E-state index contributed by atoms with van der Waals surface area (Å²) in [4.78, 5) is 16.9. The van der Waals surface area contributed by atoms with E-state index in [9.17, 15) is 9.90 Å². The van der Waals surface area contributed by atoms with Crippen LogP contribution in [0, 0.1) is 6.92 Å². The highest BCUT2D eigenvalue weighted by Crippen LogP contribution is 2.29. The molecule has 1 aromatic heterocycles. The molecule has 124 valence electrons. The van der Waals surface area contributed by atoms with E-state index in [1.54, 1.807) is 0 Å². The van der Waals surface area contributed by atoms with Crippen LogP contribution >= 0.6 is 0 Å². The fourth-order valence-corrected chi connectivity index (χ4v) is 3.09. The summed E-state index contributed by atoms with van der Waals surface area (Å²) >= 11 is 0. The lowest BCUT2D eigenvalue weighted by Gasteiger charge is -2.08. The van der Waals surface area contributed by atoms with Crippen LogP contribution in [0.3, 0.4) is 0 Å². The molecular weight excluding hydrogens is 300 g/mol. The second-order valence-electron chi connectivity index (χ2n) is 6.09. The molecule has 0 atom stereocenters. The summed E-state index contributed by atoms with van der Waals surface area (Å²) in [6.45, 7) is 3.96. The number of carbonyl (C=O) groups is 1. The van der Waals surface area contributed by atoms with E-state index in [0.717, 1.165) is 34.5 Å². The summed E-state index contributed by atoms with van der Waals surface area (Å²) < 4.78 is 1.95. The van der Waals surface area contributed by atoms with Crippen molar-refractivity contribution in [2.24, 2.45) is 7.05 Å². The van der Waals surface area contributed by atoms with Gasteiger partial charge in [0, 0.05) is 19.0 Å². The highest BCUT2D eigenvalue weighted by molar-refractivity contribution is 5.97. The molecule has 0 radical (unpaired) electrons. The molecular formula is C20H22N2O2. The van der Waals surface area contributed by atoms with Crippen molar-refractivity contribution >= 4 is 16.8 Å². The van der Waals surface area contributed by atoms with Crippen LogP contribution < -0.4 is 0 Å². The Hall–Kier alpha value is -2.62. The maximum Gasteiger partial charge on any atom is 0.163 e. The van der Waals surface area contributed by atoms with E-state index in [0.29, 0.717) is 18.4 Å². The summed E-state index contributed by atoms with van der Waals surface area (Å²) in [5, 5.41) is 10.5. The zero-order valence-corrected chi connectivity index (χ0v) is 14.3. The molecule has 1 N–H and O–H groups in total. The van der Waals surface area contributed by atoms with Crippen molar-refractivity contribution in [2.75, 3.05) is 0 Å². The van der Waals surface area contributed by atoms with E-state index in [-0.39, 0.29) is 11.5 Å². The first-order valence-corrected chi connectivity index (χ1v) is 8.28. The van der Waals surface area contributed by atoms with Crippen LogP contribution in [0.2, 0.25) is 0 Å². The van der Waals surface area contributed by atoms with Gasteiger partial charge >= 0.3 is 0 Å². The Balaban J connectivity index is 1.83. The predicted octanol–water partition coefficient (Wildman–Crippen LogP) is 3.97. The fourth-order valence-electron chi connectivity index (χ4n) is 3.09. The fraction of sp³-hybridized carbons (Fsp3) is 0.300. The van der Waals surface area contributed by atoms with Crippen molar-refractivity contribution in [3.05, 3.63) is 58.9 Å². The van der Waals surface area contributed by atoms with E-state index in [1.807, 2.05) is 54.9 Å². The van der Waals surface area contributed by atoms with Crippen LogP contribution in [0.4, 0.5) is 0 Å². The molecule has 0 aliphatic rings. The van der Waals surface area contributed by atoms with Gasteiger partial charge in [0.1, 0.15) is 17.1 Å². The van der Waals surface area contributed by atoms with E-state index in [1.165, 1.54) is 0 Å². The third kappa shape index (κ3) is 2.80. The van der Waals surface area contributed by atoms with Crippen molar-refractivity contribution in [1.82, 2.24) is 9.55 Å². The van der Waals surface area contributed by atoms with Gasteiger partial charge in [-0.15, -0.1) is 0 Å². The predicted molar refractivity (Wildman–Crippen MR) is 95.6 cm³/mol. The van der Waals surface area contributed by atoms with Crippen molar-refractivity contribution < 1.29 is 9.90 Å². The van der Waals surface area contributed by atoms with E-state index >= 15 is 0 Å². The summed E-state index contributed by atoms with van der Waals surface area (Å²) in [5.74, 6) is 1.15. The lowest BCUT2D eigenvalue weighted by atomic mass is 9.97. The van der Waals surface area contributed by atoms with Gasteiger partial charge in [-0.1, -0.05) is 37.3 Å². The first-order valence-electron chi connectivity index (χ1n) is 8.28. The van der Waals surface area contributed by atoms with E-state index in [4.69, 9.17) is 0 Å². The minimum atomic E-state index is 0.115. The molecule has 0 saturated heterocycles. The van der Waals surface area contributed by atoms with Gasteiger partial charge in [0.15, 0.2) is 5.78 Å². The Morgan fingerprint density at radius 1 is 1.17 bits per heavy atom. The van der Waals surface area contributed by atoms with Crippen LogP contribution in [0.5, 0.6) is 5.75 Å². The molecule has 0 unspecified atom stereocenters. The van der Waals surface area contributed by atoms with Crippen LogP contribution in [0.15, 0.2) is 36.4 Å². The van der Waals surface area contributed by atoms with Crippen LogP contribution in [-0.4, -0.2) is 20.4 Å². The number of carbonyl (C=O) groups excluding carboxylic acids is 1. The quantitative estimate of drug-likeness (QED) is 0.723. The molecule has 3 rings (SSSR count). The lowest BCUT2D eigenvalue weighted by Crippen LogP contribution is -2.05. The number of ketones is 1. The van der Waals surface area contributed by atoms with Crippen molar-refractivity contribution in [2.45, 2.75) is 33.1 Å². The normalized spacial score (nSPS) is 11.1. The Morgan fingerprint density at radius 3 is 2.67 bits per heavy atom. The summed E-state index contributed by atoms with van der Waals surface area (Å²) in [7, 11) is 1.93. The molecule has 4 heteroatoms. The molecule has 4 nitrogen and oxygen atoms in total. The second kappa shape index (κ2) is 6.48. The largest absolute Gasteiger partial charge is 0.505 e. The van der Waals surface area contributed by atoms with Crippen molar-refractivity contribution in [3.63, 3.8) is 0 Å². The number of benzene rings is 2. The number of phenols is 1. The van der Waals surface area contributed by atoms with Crippen LogP contribution in [0.25, 0.3) is 11.0 Å². The third-order valence-electron chi connectivity index (χ3n) is 4.65. The number of nitrogens with zero attached hydrogens (tertiary/aromatic N) is 2. The number of fused-ring (bicyclic) bond motifs is 1. The molecule has 2 aromatic carbocycles. The molecule has 0 saturated carbocycles. The van der Waals surface area contributed by atoms with Gasteiger partial charge in [0.05, 0.1) is 5.52 Å². The van der Waals surface area contributed by atoms with E-state index < -0.39 is 0 Å². The number of Topliss-reactive ketones (excluding diaryl/α,β-unsaturated/α-hetero) is 1. The van der Waals surface area contributed by atoms with Gasteiger partial charge < -0.3 is 9.67 Å². The topological polar surface area (TPSA) is 55.1 Å². The number of aromatic nitrogens is 2. The summed E-state index contributed by atoms with van der Waals surface area (Å²) in [6.07, 6.45) is 1.72. The third-order valence-corrected chi connectivity index (χ3v) is 4.65. The Morgan fingerprint density at radius 2 is 1.92 bits per heavy atom. The van der Waals surface area contributed by atoms with Crippen molar-refractivity contribution in [1.29, 1.82) is 0 Å². The van der Waals surface area contributed by atoms with Crippen LogP contribution in [-0.2, 0) is 19.9 Å². The highest BCUT2D eigenvalue weighted by atomic mass is 16.3. The molecule has 0 amide bonds. The average Bonchev–Trinajstić information content (AvgIpc) is 2.89. The maximum absolute atomic E-state index is 12.5. The highest BCUT2D eigenvalue weighted by Gasteiger charge is 2.15. The number of hydrogen-bond acceptors (Lipinski definition) is 3. The molecule has 0 bridgehead atoms. The minimum Gasteiger partial charge on any atom is -0.505 e. The van der Waals surface area contributed by atoms with Gasteiger partial charge in [0.2, 0.25) is 0 Å². The molecule has 0 aliphatic carbocycles. The number of hydrogen-bond donors (Lipinski definition) is 1. The Kier molecular flexibility index (Phi) is 4.38. The van der Waals surface area contributed by atoms with Crippen LogP contribution in [0.1, 0.15) is 40.7 Å². The maximum atomic E-state index is 12.5.